The van der Waals surface area contributed by atoms with Crippen LogP contribution in [0.2, 0.25) is 0 Å². The normalized spacial score (nSPS) is 21.2. The van der Waals surface area contributed by atoms with E-state index in [1.54, 1.807) is 17.0 Å². The number of nitrogen functional groups attached to an aromatic ring is 1. The number of hydrogen-bond acceptors (Lipinski definition) is 8. The molecule has 1 aromatic heterocycles. The molecule has 10 heteroatoms. The molecule has 2 amide bonds. The van der Waals surface area contributed by atoms with Gasteiger partial charge in [0.25, 0.3) is 5.91 Å². The van der Waals surface area contributed by atoms with Crippen molar-refractivity contribution < 1.29 is 19.1 Å². The number of rotatable bonds is 6. The number of nitrogens with zero attached hydrogens (tertiary/aromatic N) is 1. The zero-order chi connectivity index (χ0) is 30.6. The van der Waals surface area contributed by atoms with Gasteiger partial charge in [-0.3, -0.25) is 14.4 Å². The summed E-state index contributed by atoms with van der Waals surface area (Å²) in [6.07, 6.45) is 1.87. The van der Waals surface area contributed by atoms with Crippen LogP contribution in [0, 0.1) is 13.8 Å². The number of carbonyl (C=O) groups excluding carboxylic acids is 3. The monoisotopic (exact) mass is 595 g/mol. The van der Waals surface area contributed by atoms with Crippen LogP contribution in [0.4, 0.5) is 5.69 Å². The van der Waals surface area contributed by atoms with Gasteiger partial charge in [-0.1, -0.05) is 30.8 Å². The van der Waals surface area contributed by atoms with Crippen LogP contribution in [0.1, 0.15) is 50.0 Å². The number of nitrogens with one attached hydrogen (secondary N) is 1. The highest BCUT2D eigenvalue weighted by Crippen LogP contribution is 2.50. The molecule has 0 bridgehead atoms. The number of ether oxygens (including phenoxy) is 1. The Hall–Kier alpha value is -4.51. The predicted molar refractivity (Wildman–Crippen MR) is 168 cm³/mol. The first-order chi connectivity index (χ1) is 20.5. The van der Waals surface area contributed by atoms with Gasteiger partial charge in [-0.2, -0.15) is 0 Å². The van der Waals surface area contributed by atoms with Crippen LogP contribution in [0.5, 0.6) is 11.5 Å². The minimum Gasteiger partial charge on any atom is -0.457 e. The summed E-state index contributed by atoms with van der Waals surface area (Å²) < 4.78 is 6.72. The molecule has 3 atom stereocenters. The molecule has 43 heavy (non-hydrogen) atoms. The fraction of sp³-hybridized carbons (Fsp3) is 0.242. The third-order valence-electron chi connectivity index (χ3n) is 8.41. The number of para-hydroxylation sites is 1. The Morgan fingerprint density at radius 3 is 2.49 bits per heavy atom. The molecule has 0 saturated carbocycles. The van der Waals surface area contributed by atoms with Gasteiger partial charge < -0.3 is 32.2 Å². The summed E-state index contributed by atoms with van der Waals surface area (Å²) in [6.45, 7) is 8.23. The molecule has 7 N–H and O–H groups in total. The first kappa shape index (κ1) is 28.6. The molecule has 0 spiro atoms. The summed E-state index contributed by atoms with van der Waals surface area (Å²) in [5.74, 6) is 0.369. The smallest absolute Gasteiger partial charge is 0.262 e. The number of aryl methyl sites for hydroxylation is 2. The maximum Gasteiger partial charge on any atom is 0.262 e. The largest absolute Gasteiger partial charge is 0.457 e. The molecule has 9 nitrogen and oxygen atoms in total. The Kier molecular flexibility index (Phi) is 7.08. The van der Waals surface area contributed by atoms with Gasteiger partial charge in [-0.05, 0) is 78.9 Å². The van der Waals surface area contributed by atoms with Crippen LogP contribution in [0.3, 0.4) is 0 Å². The second kappa shape index (κ2) is 10.6. The highest BCUT2D eigenvalue weighted by molar-refractivity contribution is 7.21. The maximum atomic E-state index is 14.3. The van der Waals surface area contributed by atoms with E-state index >= 15 is 0 Å². The summed E-state index contributed by atoms with van der Waals surface area (Å²) in [4.78, 5) is 41.9. The number of Topliss-reactive ketones (excluding diaryl/α,β-unsaturated/α-hetero) is 1. The molecule has 1 fully saturated rings. The Morgan fingerprint density at radius 2 is 1.81 bits per heavy atom. The number of anilines is 1. The molecule has 1 aliphatic heterocycles. The molecule has 220 valence electrons. The van der Waals surface area contributed by atoms with Crippen molar-refractivity contribution in [1.29, 1.82) is 0 Å². The standard InChI is InChI=1S/C33H33N5O4S/c1-4-24(39)38-13-12-19(16-38)37-32(41)30-26-25-22(10-11-23(34)29(25)43-30)33(36,31(40)28(26)35)27-17(2)14-21(15-18(27)3)42-20-8-6-5-7-9-20/h4-11,14-15,19,28H,1,12-13,16,34-36H2,2-3H3,(H,37,41). The molecule has 3 aromatic carbocycles. The van der Waals surface area contributed by atoms with Crippen molar-refractivity contribution in [3.63, 3.8) is 0 Å². The molecule has 4 aromatic rings. The van der Waals surface area contributed by atoms with Gasteiger partial charge in [-0.25, -0.2) is 0 Å². The topological polar surface area (TPSA) is 154 Å². The fourth-order valence-electron chi connectivity index (χ4n) is 6.50. The van der Waals surface area contributed by atoms with E-state index in [1.165, 1.54) is 17.4 Å². The molecule has 1 aliphatic carbocycles. The van der Waals surface area contributed by atoms with E-state index in [2.05, 4.69) is 11.9 Å². The van der Waals surface area contributed by atoms with Gasteiger partial charge in [0.1, 0.15) is 17.0 Å². The Balaban J connectivity index is 1.42. The van der Waals surface area contributed by atoms with E-state index in [1.807, 2.05) is 56.3 Å². The summed E-state index contributed by atoms with van der Waals surface area (Å²) in [6, 6.07) is 15.3. The minimum atomic E-state index is -1.58. The maximum absolute atomic E-state index is 14.3. The number of benzene rings is 3. The Labute approximate surface area is 253 Å². The third-order valence-corrected chi connectivity index (χ3v) is 9.66. The summed E-state index contributed by atoms with van der Waals surface area (Å²) >= 11 is 1.20. The van der Waals surface area contributed by atoms with Crippen LogP contribution in [0.25, 0.3) is 10.1 Å². The van der Waals surface area contributed by atoms with E-state index in [9.17, 15) is 14.4 Å². The molecular formula is C33H33N5O4S. The van der Waals surface area contributed by atoms with Gasteiger partial charge in [0, 0.05) is 35.8 Å². The van der Waals surface area contributed by atoms with Gasteiger partial charge in [0.05, 0.1) is 15.6 Å². The summed E-state index contributed by atoms with van der Waals surface area (Å²) in [7, 11) is 0. The SMILES string of the molecule is C=CC(=O)N1CCC(NC(=O)c2sc3c(N)ccc4c3c2C(N)C(=O)C4(N)c2c(C)cc(Oc3ccccc3)cc2C)C1. The Morgan fingerprint density at radius 1 is 1.12 bits per heavy atom. The van der Waals surface area contributed by atoms with Crippen LogP contribution >= 0.6 is 11.3 Å². The summed E-state index contributed by atoms with van der Waals surface area (Å²) in [5.41, 5.74) is 22.3. The highest BCUT2D eigenvalue weighted by atomic mass is 32.1. The zero-order valence-corrected chi connectivity index (χ0v) is 24.8. The molecule has 6 rings (SSSR count). The lowest BCUT2D eigenvalue weighted by atomic mass is 9.68. The van der Waals surface area contributed by atoms with E-state index in [-0.39, 0.29) is 17.9 Å². The summed E-state index contributed by atoms with van der Waals surface area (Å²) in [5, 5.41) is 3.67. The van der Waals surface area contributed by atoms with Crippen molar-refractivity contribution in [2.45, 2.75) is 37.9 Å². The third kappa shape index (κ3) is 4.58. The average molecular weight is 596 g/mol. The van der Waals surface area contributed by atoms with Crippen molar-refractivity contribution >= 4 is 44.7 Å². The molecule has 0 radical (unpaired) electrons. The number of nitrogens with two attached hydrogens (primary N) is 3. The quantitative estimate of drug-likeness (QED) is 0.193. The van der Waals surface area contributed by atoms with Gasteiger partial charge in [0.15, 0.2) is 5.78 Å². The molecule has 1 saturated heterocycles. The lowest BCUT2D eigenvalue weighted by Gasteiger charge is -2.38. The first-order valence-electron chi connectivity index (χ1n) is 14.1. The second-order valence-electron chi connectivity index (χ2n) is 11.2. The molecule has 2 heterocycles. The van der Waals surface area contributed by atoms with Gasteiger partial charge >= 0.3 is 0 Å². The van der Waals surface area contributed by atoms with Crippen LogP contribution in [0.15, 0.2) is 67.3 Å². The van der Waals surface area contributed by atoms with Crippen LogP contribution in [-0.2, 0) is 15.1 Å². The van der Waals surface area contributed by atoms with Crippen molar-refractivity contribution in [1.82, 2.24) is 10.2 Å². The average Bonchev–Trinajstić information content (AvgIpc) is 3.61. The lowest BCUT2D eigenvalue weighted by Crippen LogP contribution is -2.53. The number of amides is 2. The van der Waals surface area contributed by atoms with Gasteiger partial charge in [-0.15, -0.1) is 11.3 Å². The number of likely N-dealkylation sites (tertiary alicyclic amines) is 1. The lowest BCUT2D eigenvalue weighted by molar-refractivity contribution is -0.125. The molecule has 2 aliphatic rings. The van der Waals surface area contributed by atoms with E-state index in [4.69, 9.17) is 21.9 Å². The van der Waals surface area contributed by atoms with Crippen molar-refractivity contribution in [3.05, 3.63) is 99.9 Å². The minimum absolute atomic E-state index is 0.178. The fourth-order valence-corrected chi connectivity index (χ4v) is 7.70. The van der Waals surface area contributed by atoms with Crippen LogP contribution in [-0.4, -0.2) is 41.6 Å². The molecular weight excluding hydrogens is 562 g/mol. The van der Waals surface area contributed by atoms with Gasteiger partial charge in [0.2, 0.25) is 5.91 Å². The zero-order valence-electron chi connectivity index (χ0n) is 24.0. The van der Waals surface area contributed by atoms with E-state index < -0.39 is 17.4 Å². The second-order valence-corrected chi connectivity index (χ2v) is 12.2. The van der Waals surface area contributed by atoms with Crippen molar-refractivity contribution in [3.8, 4) is 11.5 Å². The predicted octanol–water partition coefficient (Wildman–Crippen LogP) is 4.19. The van der Waals surface area contributed by atoms with Crippen molar-refractivity contribution in [2.24, 2.45) is 11.5 Å². The number of carbonyl (C=O) groups is 3. The Bertz CT molecular complexity index is 1790. The molecule has 3 unspecified atom stereocenters. The highest BCUT2D eigenvalue weighted by Gasteiger charge is 2.50. The first-order valence-corrected chi connectivity index (χ1v) is 14.9. The van der Waals surface area contributed by atoms with Crippen molar-refractivity contribution in [2.75, 3.05) is 18.8 Å². The number of thiophene rings is 1. The van der Waals surface area contributed by atoms with E-state index in [0.717, 1.165) is 11.1 Å². The van der Waals surface area contributed by atoms with Crippen LogP contribution < -0.4 is 27.3 Å². The van der Waals surface area contributed by atoms with E-state index in [0.29, 0.717) is 68.4 Å². The number of ketones is 1. The number of hydrogen-bond donors (Lipinski definition) is 4.